The van der Waals surface area contributed by atoms with Crippen LogP contribution in [0.3, 0.4) is 0 Å². The highest BCUT2D eigenvalue weighted by Gasteiger charge is 2.63. The van der Waals surface area contributed by atoms with Crippen molar-refractivity contribution in [1.29, 1.82) is 0 Å². The van der Waals surface area contributed by atoms with Crippen LogP contribution >= 0.6 is 0 Å². The Morgan fingerprint density at radius 2 is 1.11 bits per heavy atom. The van der Waals surface area contributed by atoms with Gasteiger partial charge >= 0.3 is 0 Å². The molecule has 6 aliphatic rings. The second kappa shape index (κ2) is 15.7. The Labute approximate surface area is 329 Å². The van der Waals surface area contributed by atoms with Crippen molar-refractivity contribution in [3.8, 4) is 5.75 Å². The van der Waals surface area contributed by atoms with Gasteiger partial charge in [0.15, 0.2) is 0 Å². The van der Waals surface area contributed by atoms with E-state index in [0.29, 0.717) is 31.4 Å². The van der Waals surface area contributed by atoms with Crippen LogP contribution in [0, 0.1) is 29.6 Å². The fourth-order valence-electron chi connectivity index (χ4n) is 11.1. The lowest BCUT2D eigenvalue weighted by Crippen LogP contribution is -2.48. The number of para-hydroxylation sites is 1. The molecule has 0 bridgehead atoms. The van der Waals surface area contributed by atoms with Gasteiger partial charge in [-0.1, -0.05) is 90.5 Å². The van der Waals surface area contributed by atoms with Gasteiger partial charge in [0, 0.05) is 62.8 Å². The molecule has 3 aromatic carbocycles. The normalized spacial score (nSPS) is 29.0. The number of likely N-dealkylation sites (tertiary alicyclic amines) is 4. The first kappa shape index (κ1) is 37.0. The number of carbonyl (C=O) groups is 4. The summed E-state index contributed by atoms with van der Waals surface area (Å²) < 4.78 is 6.08. The molecule has 4 aliphatic heterocycles. The number of allylic oxidation sites excluding steroid dienone is 2. The number of carbonyl (C=O) groups excluding carboxylic acids is 4. The zero-order valence-electron chi connectivity index (χ0n) is 32.0. The average Bonchev–Trinajstić information content (AvgIpc) is 3.64. The minimum Gasteiger partial charge on any atom is -0.491 e. The van der Waals surface area contributed by atoms with E-state index in [0.717, 1.165) is 63.2 Å². The summed E-state index contributed by atoms with van der Waals surface area (Å²) in [5, 5.41) is 9.67. The molecule has 0 radical (unpaired) electrons. The van der Waals surface area contributed by atoms with E-state index in [9.17, 15) is 24.3 Å². The van der Waals surface area contributed by atoms with Gasteiger partial charge in [0.1, 0.15) is 12.4 Å². The molecule has 6 unspecified atom stereocenters. The fraction of sp³-hybridized carbons (Fsp3) is 0.478. The topological polar surface area (TPSA) is 111 Å². The molecule has 6 atom stereocenters. The van der Waals surface area contributed by atoms with Crippen molar-refractivity contribution in [2.24, 2.45) is 29.6 Å². The lowest BCUT2D eigenvalue weighted by molar-refractivity contribution is -0.146. The van der Waals surface area contributed by atoms with E-state index in [2.05, 4.69) is 52.3 Å². The predicted octanol–water partition coefficient (Wildman–Crippen LogP) is 5.02. The summed E-state index contributed by atoms with van der Waals surface area (Å²) in [6.45, 7) is 4.83. The van der Waals surface area contributed by atoms with Crippen LogP contribution < -0.4 is 4.74 Å². The van der Waals surface area contributed by atoms with Gasteiger partial charge in [0.05, 0.1) is 30.3 Å². The smallest absolute Gasteiger partial charge is 0.234 e. The summed E-state index contributed by atoms with van der Waals surface area (Å²) in [7, 11) is 0. The van der Waals surface area contributed by atoms with E-state index in [1.165, 1.54) is 11.1 Å². The van der Waals surface area contributed by atoms with Gasteiger partial charge in [-0.05, 0) is 61.6 Å². The number of benzene rings is 3. The minimum absolute atomic E-state index is 0.0834. The van der Waals surface area contributed by atoms with Gasteiger partial charge < -0.3 is 9.84 Å². The standard InChI is InChI=1S/C46H52N4O6/c51-25-26-56-39-14-8-7-13-35(39)40-34-15-16-36-41(45(54)49(43(36)52)32-17-21-47(22-18-32)28-30-9-3-1-4-10-30)37(34)27-38-42(40)46(55)50(44(38)53)33-19-23-48(24-20-33)29-31-11-5-2-6-12-31/h1-15,32-33,36-38,40-42,51H,16-29H2. The monoisotopic (exact) mass is 756 g/mol. The van der Waals surface area contributed by atoms with Crippen molar-refractivity contribution < 1.29 is 29.0 Å². The largest absolute Gasteiger partial charge is 0.491 e. The summed E-state index contributed by atoms with van der Waals surface area (Å²) in [5.41, 5.74) is 4.28. The van der Waals surface area contributed by atoms with Crippen molar-refractivity contribution in [3.63, 3.8) is 0 Å². The van der Waals surface area contributed by atoms with E-state index >= 15 is 0 Å². The third-order valence-corrected chi connectivity index (χ3v) is 13.7. The lowest BCUT2D eigenvalue weighted by Gasteiger charge is -2.44. The van der Waals surface area contributed by atoms with Gasteiger partial charge in [-0.25, -0.2) is 0 Å². The lowest BCUT2D eigenvalue weighted by atomic mass is 9.57. The zero-order chi connectivity index (χ0) is 38.3. The number of nitrogens with zero attached hydrogens (tertiary/aromatic N) is 4. The number of ether oxygens (including phenoxy) is 1. The minimum atomic E-state index is -0.625. The maximum Gasteiger partial charge on any atom is 0.234 e. The maximum atomic E-state index is 14.8. The van der Waals surface area contributed by atoms with Crippen LogP contribution in [0.25, 0.3) is 0 Å². The number of aliphatic hydroxyl groups is 1. The molecule has 5 fully saturated rings. The fourth-order valence-corrected chi connectivity index (χ4v) is 11.1. The highest BCUT2D eigenvalue weighted by atomic mass is 16.5. The molecule has 4 saturated heterocycles. The Hall–Kier alpha value is -4.64. The van der Waals surface area contributed by atoms with Crippen LogP contribution in [0.15, 0.2) is 96.6 Å². The molecule has 4 amide bonds. The van der Waals surface area contributed by atoms with E-state index < -0.39 is 29.6 Å². The molecule has 292 valence electrons. The van der Waals surface area contributed by atoms with Gasteiger partial charge in [-0.15, -0.1) is 0 Å². The van der Waals surface area contributed by atoms with Crippen molar-refractivity contribution in [2.45, 2.75) is 69.6 Å². The summed E-state index contributed by atoms with van der Waals surface area (Å²) in [6, 6.07) is 28.0. The Morgan fingerprint density at radius 3 is 1.68 bits per heavy atom. The van der Waals surface area contributed by atoms with Crippen molar-refractivity contribution in [3.05, 3.63) is 113 Å². The number of fused-ring (bicyclic) bond motifs is 4. The third-order valence-electron chi connectivity index (χ3n) is 13.7. The molecule has 1 saturated carbocycles. The van der Waals surface area contributed by atoms with Crippen LogP contribution in [0.4, 0.5) is 0 Å². The third kappa shape index (κ3) is 6.69. The number of piperidine rings is 2. The molecular formula is C46H52N4O6. The first-order valence-electron chi connectivity index (χ1n) is 20.7. The second-order valence-corrected chi connectivity index (χ2v) is 16.7. The van der Waals surface area contributed by atoms with Crippen molar-refractivity contribution >= 4 is 23.6 Å². The second-order valence-electron chi connectivity index (χ2n) is 16.7. The Kier molecular flexibility index (Phi) is 10.4. The number of amides is 4. The van der Waals surface area contributed by atoms with Crippen LogP contribution in [0.1, 0.15) is 61.1 Å². The Morgan fingerprint density at radius 1 is 0.589 bits per heavy atom. The van der Waals surface area contributed by atoms with Gasteiger partial charge in [0.25, 0.3) is 0 Å². The van der Waals surface area contributed by atoms with E-state index in [4.69, 9.17) is 4.74 Å². The first-order chi connectivity index (χ1) is 27.4. The van der Waals surface area contributed by atoms with Crippen LogP contribution in [-0.2, 0) is 32.3 Å². The molecule has 1 N–H and O–H groups in total. The molecule has 4 heterocycles. The van der Waals surface area contributed by atoms with E-state index in [1.807, 2.05) is 48.5 Å². The number of rotatable bonds is 10. The highest BCUT2D eigenvalue weighted by molar-refractivity contribution is 6.08. The highest BCUT2D eigenvalue weighted by Crippen LogP contribution is 2.59. The maximum absolute atomic E-state index is 14.8. The number of hydrogen-bond donors (Lipinski definition) is 1. The predicted molar refractivity (Wildman–Crippen MR) is 210 cm³/mol. The molecule has 2 aliphatic carbocycles. The van der Waals surface area contributed by atoms with Crippen molar-refractivity contribution in [1.82, 2.24) is 19.6 Å². The molecular weight excluding hydrogens is 705 g/mol. The Balaban J connectivity index is 0.979. The first-order valence-corrected chi connectivity index (χ1v) is 20.7. The molecule has 0 aromatic heterocycles. The molecule has 3 aromatic rings. The summed E-state index contributed by atoms with van der Waals surface area (Å²) >= 11 is 0. The van der Waals surface area contributed by atoms with Gasteiger partial charge in [-0.3, -0.25) is 38.8 Å². The number of imide groups is 2. The number of hydrogen-bond acceptors (Lipinski definition) is 8. The average molecular weight is 757 g/mol. The quantitative estimate of drug-likeness (QED) is 0.227. The van der Waals surface area contributed by atoms with Gasteiger partial charge in [-0.2, -0.15) is 0 Å². The molecule has 0 spiro atoms. The van der Waals surface area contributed by atoms with Crippen LogP contribution in [0.5, 0.6) is 5.75 Å². The molecule has 10 heteroatoms. The summed E-state index contributed by atoms with van der Waals surface area (Å²) in [4.78, 5) is 66.4. The summed E-state index contributed by atoms with van der Waals surface area (Å²) in [5.74, 6) is -2.96. The van der Waals surface area contributed by atoms with Crippen molar-refractivity contribution in [2.75, 3.05) is 39.4 Å². The van der Waals surface area contributed by atoms with Crippen LogP contribution in [-0.4, -0.2) is 99.8 Å². The Bertz CT molecular complexity index is 1970. The van der Waals surface area contributed by atoms with Gasteiger partial charge in [0.2, 0.25) is 23.6 Å². The van der Waals surface area contributed by atoms with Crippen LogP contribution in [0.2, 0.25) is 0 Å². The molecule has 10 nitrogen and oxygen atoms in total. The zero-order valence-corrected chi connectivity index (χ0v) is 32.0. The number of aliphatic hydroxyl groups excluding tert-OH is 1. The molecule has 9 rings (SSSR count). The SMILES string of the molecule is O=C1C2CC=C3C(CC4C(=O)N(C5CCN(Cc6ccccc6)CC5)C(=O)C4C3c3ccccc3OCCO)C2C(=O)N1C1CCN(Cc2ccccc2)CC1. The van der Waals surface area contributed by atoms with E-state index in [-0.39, 0.29) is 54.8 Å². The molecule has 56 heavy (non-hydrogen) atoms. The summed E-state index contributed by atoms with van der Waals surface area (Å²) in [6.07, 6.45) is 5.84. The van der Waals surface area contributed by atoms with E-state index in [1.54, 1.807) is 9.80 Å².